The average molecular weight is 315 g/mol. The van der Waals surface area contributed by atoms with Crippen molar-refractivity contribution in [1.29, 1.82) is 0 Å². The quantitative estimate of drug-likeness (QED) is 0.794. The van der Waals surface area contributed by atoms with Crippen LogP contribution in [0, 0.1) is 17.7 Å². The number of nitrogens with two attached hydrogens (primary N) is 1. The molecule has 4 heteroatoms. The van der Waals surface area contributed by atoms with Gasteiger partial charge < -0.3 is 11.1 Å². The summed E-state index contributed by atoms with van der Waals surface area (Å²) >= 11 is 3.14. The highest BCUT2D eigenvalue weighted by Gasteiger charge is 2.25. The van der Waals surface area contributed by atoms with Crippen LogP contribution in [0.5, 0.6) is 0 Å². The van der Waals surface area contributed by atoms with E-state index in [2.05, 4.69) is 35.1 Å². The first-order valence-electron chi connectivity index (χ1n) is 6.48. The first-order chi connectivity index (χ1) is 8.47. The van der Waals surface area contributed by atoms with E-state index in [1.165, 1.54) is 18.9 Å². The lowest BCUT2D eigenvalue weighted by Gasteiger charge is -2.34. The molecule has 0 radical (unpaired) electrons. The van der Waals surface area contributed by atoms with E-state index in [9.17, 15) is 4.39 Å². The predicted molar refractivity (Wildman–Crippen MR) is 78.1 cm³/mol. The van der Waals surface area contributed by atoms with Crippen molar-refractivity contribution in [3.05, 3.63) is 22.4 Å². The van der Waals surface area contributed by atoms with Gasteiger partial charge in [-0.3, -0.25) is 0 Å². The summed E-state index contributed by atoms with van der Waals surface area (Å²) in [6.07, 6.45) is 3.57. The normalized spacial score (nSPS) is 28.1. The molecular formula is C14H20BrFN2. The van der Waals surface area contributed by atoms with Crippen LogP contribution < -0.4 is 11.1 Å². The standard InChI is InChI=1S/C14H20BrFN2/c1-8-3-4-13(9(2)5-8)18-14-7-11(16)10(15)6-12(14)17/h6-9,13,18H,3-5,17H2,1-2H3. The Kier molecular flexibility index (Phi) is 4.15. The molecule has 1 aliphatic carbocycles. The third-order valence-electron chi connectivity index (χ3n) is 3.86. The largest absolute Gasteiger partial charge is 0.397 e. The molecule has 0 aromatic heterocycles. The molecule has 1 saturated carbocycles. The minimum atomic E-state index is -0.275. The van der Waals surface area contributed by atoms with Crippen molar-refractivity contribution in [3.63, 3.8) is 0 Å². The highest BCUT2D eigenvalue weighted by atomic mass is 79.9. The fourth-order valence-corrected chi connectivity index (χ4v) is 3.13. The summed E-state index contributed by atoms with van der Waals surface area (Å²) in [5.41, 5.74) is 7.22. The molecule has 0 heterocycles. The van der Waals surface area contributed by atoms with Crippen molar-refractivity contribution >= 4 is 27.3 Å². The Hall–Kier alpha value is -0.770. The molecule has 3 atom stereocenters. The summed E-state index contributed by atoms with van der Waals surface area (Å²) in [5.74, 6) is 1.11. The van der Waals surface area contributed by atoms with Gasteiger partial charge in [-0.05, 0) is 53.1 Å². The molecular weight excluding hydrogens is 295 g/mol. The van der Waals surface area contributed by atoms with Crippen molar-refractivity contribution in [3.8, 4) is 0 Å². The van der Waals surface area contributed by atoms with E-state index < -0.39 is 0 Å². The van der Waals surface area contributed by atoms with Crippen LogP contribution in [0.4, 0.5) is 15.8 Å². The number of nitrogen functional groups attached to an aromatic ring is 1. The third-order valence-corrected chi connectivity index (χ3v) is 4.47. The Morgan fingerprint density at radius 2 is 2.06 bits per heavy atom. The number of benzene rings is 1. The van der Waals surface area contributed by atoms with Crippen molar-refractivity contribution in [2.24, 2.45) is 11.8 Å². The predicted octanol–water partition coefficient (Wildman–Crippen LogP) is 4.41. The minimum absolute atomic E-state index is 0.275. The fraction of sp³-hybridized carbons (Fsp3) is 0.571. The number of nitrogens with one attached hydrogen (secondary N) is 1. The summed E-state index contributed by atoms with van der Waals surface area (Å²) in [5, 5.41) is 3.40. The number of anilines is 2. The van der Waals surface area contributed by atoms with Gasteiger partial charge in [0.1, 0.15) is 5.82 Å². The molecule has 0 amide bonds. The molecule has 1 aromatic rings. The van der Waals surface area contributed by atoms with Crippen molar-refractivity contribution < 1.29 is 4.39 Å². The zero-order valence-electron chi connectivity index (χ0n) is 10.8. The molecule has 1 fully saturated rings. The highest BCUT2D eigenvalue weighted by Crippen LogP contribution is 2.33. The lowest BCUT2D eigenvalue weighted by molar-refractivity contribution is 0.276. The van der Waals surface area contributed by atoms with Crippen LogP contribution in [-0.4, -0.2) is 6.04 Å². The maximum atomic E-state index is 13.5. The van der Waals surface area contributed by atoms with Crippen LogP contribution in [0.15, 0.2) is 16.6 Å². The molecule has 0 saturated heterocycles. The molecule has 1 aromatic carbocycles. The summed E-state index contributed by atoms with van der Waals surface area (Å²) < 4.78 is 13.9. The first-order valence-corrected chi connectivity index (χ1v) is 7.27. The van der Waals surface area contributed by atoms with Crippen LogP contribution in [0.3, 0.4) is 0 Å². The van der Waals surface area contributed by atoms with E-state index in [4.69, 9.17) is 5.73 Å². The molecule has 100 valence electrons. The second-order valence-electron chi connectivity index (χ2n) is 5.50. The minimum Gasteiger partial charge on any atom is -0.397 e. The van der Waals surface area contributed by atoms with Gasteiger partial charge in [0.2, 0.25) is 0 Å². The van der Waals surface area contributed by atoms with Gasteiger partial charge in [0.05, 0.1) is 15.8 Å². The molecule has 3 unspecified atom stereocenters. The highest BCUT2D eigenvalue weighted by molar-refractivity contribution is 9.10. The van der Waals surface area contributed by atoms with Crippen LogP contribution in [0.25, 0.3) is 0 Å². The van der Waals surface area contributed by atoms with Crippen LogP contribution in [0.1, 0.15) is 33.1 Å². The first kappa shape index (κ1) is 13.7. The maximum Gasteiger partial charge on any atom is 0.139 e. The average Bonchev–Trinajstić information content (AvgIpc) is 2.29. The van der Waals surface area contributed by atoms with E-state index >= 15 is 0 Å². The Labute approximate surface area is 116 Å². The zero-order valence-corrected chi connectivity index (χ0v) is 12.4. The van der Waals surface area contributed by atoms with E-state index in [0.717, 1.165) is 12.3 Å². The molecule has 3 N–H and O–H groups in total. The second kappa shape index (κ2) is 5.47. The van der Waals surface area contributed by atoms with Gasteiger partial charge in [-0.2, -0.15) is 0 Å². The Morgan fingerprint density at radius 3 is 2.72 bits per heavy atom. The molecule has 0 spiro atoms. The second-order valence-corrected chi connectivity index (χ2v) is 6.35. The van der Waals surface area contributed by atoms with Gasteiger partial charge in [0.15, 0.2) is 0 Å². The number of halogens is 2. The fourth-order valence-electron chi connectivity index (χ4n) is 2.77. The Morgan fingerprint density at radius 1 is 1.33 bits per heavy atom. The Balaban J connectivity index is 2.12. The van der Waals surface area contributed by atoms with Gasteiger partial charge in [0, 0.05) is 12.1 Å². The number of rotatable bonds is 2. The van der Waals surface area contributed by atoms with Crippen LogP contribution >= 0.6 is 15.9 Å². The lowest BCUT2D eigenvalue weighted by Crippen LogP contribution is -2.33. The zero-order chi connectivity index (χ0) is 13.3. The van der Waals surface area contributed by atoms with Crippen LogP contribution in [0.2, 0.25) is 0 Å². The number of hydrogen-bond donors (Lipinski definition) is 2. The van der Waals surface area contributed by atoms with E-state index in [0.29, 0.717) is 27.8 Å². The van der Waals surface area contributed by atoms with Crippen molar-refractivity contribution in [1.82, 2.24) is 0 Å². The molecule has 2 rings (SSSR count). The van der Waals surface area contributed by atoms with Crippen molar-refractivity contribution in [2.45, 2.75) is 39.2 Å². The summed E-state index contributed by atoms with van der Waals surface area (Å²) in [6, 6.07) is 3.49. The lowest BCUT2D eigenvalue weighted by atomic mass is 9.80. The molecule has 1 aliphatic rings. The van der Waals surface area contributed by atoms with Gasteiger partial charge >= 0.3 is 0 Å². The maximum absolute atomic E-state index is 13.5. The summed E-state index contributed by atoms with van der Waals surface area (Å²) in [6.45, 7) is 4.54. The van der Waals surface area contributed by atoms with Crippen LogP contribution in [-0.2, 0) is 0 Å². The number of hydrogen-bond acceptors (Lipinski definition) is 2. The SMILES string of the molecule is CC1CCC(Nc2cc(F)c(Br)cc2N)C(C)C1. The topological polar surface area (TPSA) is 38.0 Å². The van der Waals surface area contributed by atoms with E-state index in [1.54, 1.807) is 6.07 Å². The van der Waals surface area contributed by atoms with Crippen molar-refractivity contribution in [2.75, 3.05) is 11.1 Å². The monoisotopic (exact) mass is 314 g/mol. The van der Waals surface area contributed by atoms with Gasteiger partial charge in [-0.15, -0.1) is 0 Å². The van der Waals surface area contributed by atoms with Gasteiger partial charge in [-0.25, -0.2) is 4.39 Å². The smallest absolute Gasteiger partial charge is 0.139 e. The molecule has 18 heavy (non-hydrogen) atoms. The summed E-state index contributed by atoms with van der Waals surface area (Å²) in [7, 11) is 0. The van der Waals surface area contributed by atoms with E-state index in [1.807, 2.05) is 0 Å². The third kappa shape index (κ3) is 2.97. The molecule has 0 bridgehead atoms. The molecule has 0 aliphatic heterocycles. The van der Waals surface area contributed by atoms with Gasteiger partial charge in [-0.1, -0.05) is 13.8 Å². The van der Waals surface area contributed by atoms with Gasteiger partial charge in [0.25, 0.3) is 0 Å². The molecule has 2 nitrogen and oxygen atoms in total. The Bertz CT molecular complexity index is 436. The van der Waals surface area contributed by atoms with E-state index in [-0.39, 0.29) is 5.82 Å². The summed E-state index contributed by atoms with van der Waals surface area (Å²) in [4.78, 5) is 0.